The maximum atomic E-state index is 12.1. The molecule has 5 nitrogen and oxygen atoms in total. The lowest BCUT2D eigenvalue weighted by Gasteiger charge is -2.24. The highest BCUT2D eigenvalue weighted by atomic mass is 16.6. The first kappa shape index (κ1) is 15.6. The molecule has 2 aromatic rings. The van der Waals surface area contributed by atoms with Gasteiger partial charge >= 0.3 is 12.1 Å². The third-order valence-electron chi connectivity index (χ3n) is 3.26. The summed E-state index contributed by atoms with van der Waals surface area (Å²) >= 11 is 0. The van der Waals surface area contributed by atoms with Gasteiger partial charge in [0.15, 0.2) is 0 Å². The van der Waals surface area contributed by atoms with E-state index >= 15 is 0 Å². The molecule has 0 aliphatic heterocycles. The quantitative estimate of drug-likeness (QED) is 0.922. The molecule has 0 heterocycles. The van der Waals surface area contributed by atoms with Crippen molar-refractivity contribution < 1.29 is 19.4 Å². The largest absolute Gasteiger partial charge is 0.480 e. The van der Waals surface area contributed by atoms with E-state index in [-0.39, 0.29) is 6.42 Å². The van der Waals surface area contributed by atoms with Crippen LogP contribution in [0.4, 0.5) is 4.79 Å². The number of ether oxygens (including phenoxy) is 1. The fourth-order valence-electron chi connectivity index (χ4n) is 2.02. The Bertz CT molecular complexity index is 628. The monoisotopic (exact) mass is 299 g/mol. The van der Waals surface area contributed by atoms with E-state index in [0.29, 0.717) is 5.75 Å². The number of carbonyl (C=O) groups is 2. The Morgan fingerprint density at radius 3 is 2.14 bits per heavy atom. The topological polar surface area (TPSA) is 66.8 Å². The molecule has 0 radical (unpaired) electrons. The van der Waals surface area contributed by atoms with Gasteiger partial charge in [0, 0.05) is 13.5 Å². The highest BCUT2D eigenvalue weighted by Gasteiger charge is 2.28. The van der Waals surface area contributed by atoms with Gasteiger partial charge in [0.25, 0.3) is 0 Å². The van der Waals surface area contributed by atoms with Gasteiger partial charge in [0.2, 0.25) is 0 Å². The average Bonchev–Trinajstić information content (AvgIpc) is 2.53. The van der Waals surface area contributed by atoms with E-state index in [0.717, 1.165) is 10.5 Å². The minimum atomic E-state index is -1.07. The fourth-order valence-corrected chi connectivity index (χ4v) is 2.02. The molecule has 22 heavy (non-hydrogen) atoms. The minimum absolute atomic E-state index is 0.219. The smallest absolute Gasteiger partial charge is 0.415 e. The molecule has 2 aromatic carbocycles. The molecule has 1 N–H and O–H groups in total. The maximum Gasteiger partial charge on any atom is 0.415 e. The van der Waals surface area contributed by atoms with Crippen molar-refractivity contribution in [3.8, 4) is 5.75 Å². The molecule has 1 amide bonds. The predicted molar refractivity (Wildman–Crippen MR) is 81.8 cm³/mol. The number of aliphatic carboxylic acids is 1. The summed E-state index contributed by atoms with van der Waals surface area (Å²) in [4.78, 5) is 24.6. The Hall–Kier alpha value is -2.82. The van der Waals surface area contributed by atoms with E-state index in [9.17, 15) is 14.7 Å². The number of nitrogens with zero attached hydrogens (tertiary/aromatic N) is 1. The van der Waals surface area contributed by atoms with Crippen molar-refractivity contribution in [1.82, 2.24) is 4.90 Å². The molecule has 0 aliphatic rings. The second-order valence-electron chi connectivity index (χ2n) is 4.84. The number of amides is 1. The van der Waals surface area contributed by atoms with Crippen LogP contribution in [0.1, 0.15) is 5.56 Å². The average molecular weight is 299 g/mol. The molecule has 0 bridgehead atoms. The SMILES string of the molecule is CN(C(=O)Oc1ccccc1)C(Cc1ccccc1)C(=O)O. The predicted octanol–water partition coefficient (Wildman–Crippen LogP) is 2.81. The summed E-state index contributed by atoms with van der Waals surface area (Å²) in [6.07, 6.45) is -0.481. The summed E-state index contributed by atoms with van der Waals surface area (Å²) < 4.78 is 5.17. The van der Waals surface area contributed by atoms with Gasteiger partial charge in [0.1, 0.15) is 11.8 Å². The van der Waals surface area contributed by atoms with Crippen LogP contribution in [0.5, 0.6) is 5.75 Å². The van der Waals surface area contributed by atoms with Crippen LogP contribution < -0.4 is 4.74 Å². The van der Waals surface area contributed by atoms with E-state index < -0.39 is 18.1 Å². The summed E-state index contributed by atoms with van der Waals surface area (Å²) in [5.74, 6) is -0.695. The van der Waals surface area contributed by atoms with Gasteiger partial charge in [-0.1, -0.05) is 48.5 Å². The van der Waals surface area contributed by atoms with E-state index in [2.05, 4.69) is 0 Å². The van der Waals surface area contributed by atoms with E-state index in [1.807, 2.05) is 30.3 Å². The second kappa shape index (κ2) is 7.26. The molecule has 2 rings (SSSR count). The number of carbonyl (C=O) groups excluding carboxylic acids is 1. The number of para-hydroxylation sites is 1. The van der Waals surface area contributed by atoms with Crippen molar-refractivity contribution >= 4 is 12.1 Å². The van der Waals surface area contributed by atoms with Gasteiger partial charge in [-0.2, -0.15) is 0 Å². The van der Waals surface area contributed by atoms with Crippen LogP contribution >= 0.6 is 0 Å². The molecule has 0 spiro atoms. The molecule has 1 unspecified atom stereocenters. The van der Waals surface area contributed by atoms with Crippen molar-refractivity contribution in [1.29, 1.82) is 0 Å². The van der Waals surface area contributed by atoms with Crippen LogP contribution in [-0.2, 0) is 11.2 Å². The van der Waals surface area contributed by atoms with Crippen molar-refractivity contribution in [2.24, 2.45) is 0 Å². The first-order valence-electron chi connectivity index (χ1n) is 6.84. The molecule has 0 aliphatic carbocycles. The zero-order valence-electron chi connectivity index (χ0n) is 12.2. The summed E-state index contributed by atoms with van der Waals surface area (Å²) in [6.45, 7) is 0. The summed E-state index contributed by atoms with van der Waals surface area (Å²) in [6, 6.07) is 16.7. The zero-order chi connectivity index (χ0) is 15.9. The van der Waals surface area contributed by atoms with Gasteiger partial charge in [-0.05, 0) is 17.7 Å². The number of hydrogen-bond donors (Lipinski definition) is 1. The Balaban J connectivity index is 2.07. The van der Waals surface area contributed by atoms with E-state index in [1.165, 1.54) is 7.05 Å². The van der Waals surface area contributed by atoms with Gasteiger partial charge in [-0.25, -0.2) is 9.59 Å². The van der Waals surface area contributed by atoms with E-state index in [1.54, 1.807) is 30.3 Å². The maximum absolute atomic E-state index is 12.1. The minimum Gasteiger partial charge on any atom is -0.480 e. The molecule has 0 saturated heterocycles. The van der Waals surface area contributed by atoms with E-state index in [4.69, 9.17) is 4.74 Å². The van der Waals surface area contributed by atoms with Crippen LogP contribution in [-0.4, -0.2) is 35.2 Å². The molecule has 5 heteroatoms. The molecule has 0 saturated carbocycles. The third kappa shape index (κ3) is 4.09. The standard InChI is InChI=1S/C17H17NO4/c1-18(17(21)22-14-10-6-3-7-11-14)15(16(19)20)12-13-8-4-2-5-9-13/h2-11,15H,12H2,1H3,(H,19,20). The number of carboxylic acids is 1. The van der Waals surface area contributed by atoms with Gasteiger partial charge in [-0.3, -0.25) is 4.90 Å². The van der Waals surface area contributed by atoms with Gasteiger partial charge in [0.05, 0.1) is 0 Å². The summed E-state index contributed by atoms with van der Waals surface area (Å²) in [5, 5.41) is 9.37. The Morgan fingerprint density at radius 1 is 1.05 bits per heavy atom. The Kier molecular flexibility index (Phi) is 5.14. The lowest BCUT2D eigenvalue weighted by atomic mass is 10.1. The van der Waals surface area contributed by atoms with Crippen LogP contribution in [0.15, 0.2) is 60.7 Å². The fraction of sp³-hybridized carbons (Fsp3) is 0.176. The van der Waals surface area contributed by atoms with Crippen LogP contribution in [0.25, 0.3) is 0 Å². The van der Waals surface area contributed by atoms with Gasteiger partial charge < -0.3 is 9.84 Å². The molecule has 1 atom stereocenters. The van der Waals surface area contributed by atoms with Crippen molar-refractivity contribution in [3.05, 3.63) is 66.2 Å². The van der Waals surface area contributed by atoms with Crippen LogP contribution in [0, 0.1) is 0 Å². The third-order valence-corrected chi connectivity index (χ3v) is 3.26. The second-order valence-corrected chi connectivity index (χ2v) is 4.84. The summed E-state index contributed by atoms with van der Waals surface area (Å²) in [7, 11) is 1.42. The highest BCUT2D eigenvalue weighted by Crippen LogP contribution is 2.13. The number of rotatable bonds is 5. The van der Waals surface area contributed by atoms with Gasteiger partial charge in [-0.15, -0.1) is 0 Å². The molecular formula is C17H17NO4. The normalized spacial score (nSPS) is 11.5. The zero-order valence-corrected chi connectivity index (χ0v) is 12.2. The molecular weight excluding hydrogens is 282 g/mol. The first-order chi connectivity index (χ1) is 10.6. The first-order valence-corrected chi connectivity index (χ1v) is 6.84. The number of likely N-dealkylation sites (N-methyl/N-ethyl adjacent to an activating group) is 1. The molecule has 0 aromatic heterocycles. The Morgan fingerprint density at radius 2 is 1.59 bits per heavy atom. The van der Waals surface area contributed by atoms with Crippen molar-refractivity contribution in [2.75, 3.05) is 7.05 Å². The van der Waals surface area contributed by atoms with Crippen molar-refractivity contribution in [2.45, 2.75) is 12.5 Å². The number of hydrogen-bond acceptors (Lipinski definition) is 3. The van der Waals surface area contributed by atoms with Crippen LogP contribution in [0.3, 0.4) is 0 Å². The Labute approximate surface area is 128 Å². The number of benzene rings is 2. The van der Waals surface area contributed by atoms with Crippen LogP contribution in [0.2, 0.25) is 0 Å². The lowest BCUT2D eigenvalue weighted by molar-refractivity contribution is -0.142. The lowest BCUT2D eigenvalue weighted by Crippen LogP contribution is -2.45. The molecule has 114 valence electrons. The van der Waals surface area contributed by atoms with Crippen molar-refractivity contribution in [3.63, 3.8) is 0 Å². The highest BCUT2D eigenvalue weighted by molar-refractivity contribution is 5.81. The summed E-state index contributed by atoms with van der Waals surface area (Å²) in [5.41, 5.74) is 0.842. The number of carboxylic acid groups (broad SMARTS) is 1. The molecule has 0 fully saturated rings.